The predicted octanol–water partition coefficient (Wildman–Crippen LogP) is 1.98. The Hall–Kier alpha value is -1.88. The van der Waals surface area contributed by atoms with Gasteiger partial charge in [0, 0.05) is 5.56 Å². The molecule has 5 heteroatoms. The number of nitrogens with zero attached hydrogens (tertiary/aromatic N) is 2. The molecule has 0 saturated carbocycles. The molecule has 0 atom stereocenters. The van der Waals surface area contributed by atoms with Crippen molar-refractivity contribution in [3.63, 3.8) is 0 Å². The average Bonchev–Trinajstić information content (AvgIpc) is 2.85. The van der Waals surface area contributed by atoms with E-state index in [1.165, 1.54) is 0 Å². The van der Waals surface area contributed by atoms with E-state index in [1.807, 2.05) is 24.3 Å². The molecule has 0 unspecified atom stereocenters. The summed E-state index contributed by atoms with van der Waals surface area (Å²) in [5.41, 5.74) is 6.25. The van der Waals surface area contributed by atoms with Crippen LogP contribution >= 0.6 is 0 Å². The zero-order chi connectivity index (χ0) is 12.1. The van der Waals surface area contributed by atoms with Crippen molar-refractivity contribution in [2.45, 2.75) is 19.9 Å². The fraction of sp³-hybridized carbons (Fsp3) is 0.333. The quantitative estimate of drug-likeness (QED) is 0.854. The second-order valence-corrected chi connectivity index (χ2v) is 3.58. The number of hydrogen-bond donors (Lipinski definition) is 1. The van der Waals surface area contributed by atoms with E-state index in [1.54, 1.807) is 0 Å². The van der Waals surface area contributed by atoms with Crippen LogP contribution in [0.5, 0.6) is 5.75 Å². The van der Waals surface area contributed by atoms with E-state index in [2.05, 4.69) is 17.1 Å². The number of aromatic nitrogens is 2. The van der Waals surface area contributed by atoms with Gasteiger partial charge in [-0.15, -0.1) is 10.2 Å². The normalized spacial score (nSPS) is 10.5. The maximum atomic E-state index is 5.54. The SMILES string of the molecule is CCCOc1cccc(-c2nnc(CN)o2)c1. The largest absolute Gasteiger partial charge is 0.494 e. The van der Waals surface area contributed by atoms with Crippen molar-refractivity contribution in [2.24, 2.45) is 5.73 Å². The molecule has 0 fully saturated rings. The van der Waals surface area contributed by atoms with Gasteiger partial charge in [-0.3, -0.25) is 0 Å². The lowest BCUT2D eigenvalue weighted by Crippen LogP contribution is -1.95. The summed E-state index contributed by atoms with van der Waals surface area (Å²) in [6, 6.07) is 7.57. The maximum absolute atomic E-state index is 5.54. The topological polar surface area (TPSA) is 74.2 Å². The fourth-order valence-electron chi connectivity index (χ4n) is 1.39. The molecule has 1 heterocycles. The average molecular weight is 233 g/mol. The highest BCUT2D eigenvalue weighted by molar-refractivity contribution is 5.55. The molecule has 17 heavy (non-hydrogen) atoms. The van der Waals surface area contributed by atoms with Gasteiger partial charge in [0.2, 0.25) is 11.8 Å². The first-order valence-electron chi connectivity index (χ1n) is 5.59. The molecule has 0 aliphatic heterocycles. The van der Waals surface area contributed by atoms with Crippen molar-refractivity contribution >= 4 is 0 Å². The van der Waals surface area contributed by atoms with Crippen LogP contribution in [0.3, 0.4) is 0 Å². The fourth-order valence-corrected chi connectivity index (χ4v) is 1.39. The molecule has 0 amide bonds. The van der Waals surface area contributed by atoms with E-state index in [9.17, 15) is 0 Å². The van der Waals surface area contributed by atoms with Crippen LogP contribution in [0.4, 0.5) is 0 Å². The van der Waals surface area contributed by atoms with Crippen LogP contribution in [-0.2, 0) is 6.54 Å². The van der Waals surface area contributed by atoms with Crippen LogP contribution in [-0.4, -0.2) is 16.8 Å². The highest BCUT2D eigenvalue weighted by Gasteiger charge is 2.07. The number of benzene rings is 1. The maximum Gasteiger partial charge on any atom is 0.247 e. The second kappa shape index (κ2) is 5.45. The van der Waals surface area contributed by atoms with Crippen LogP contribution < -0.4 is 10.5 Å². The van der Waals surface area contributed by atoms with Crippen molar-refractivity contribution in [3.8, 4) is 17.2 Å². The van der Waals surface area contributed by atoms with E-state index in [-0.39, 0.29) is 6.54 Å². The van der Waals surface area contributed by atoms with E-state index in [0.717, 1.165) is 17.7 Å². The minimum atomic E-state index is 0.249. The van der Waals surface area contributed by atoms with Gasteiger partial charge < -0.3 is 14.9 Å². The Bertz CT molecular complexity index is 482. The Morgan fingerprint density at radius 1 is 1.35 bits per heavy atom. The Kier molecular flexibility index (Phi) is 3.72. The van der Waals surface area contributed by atoms with Gasteiger partial charge in [-0.2, -0.15) is 0 Å². The minimum absolute atomic E-state index is 0.249. The van der Waals surface area contributed by atoms with Crippen LogP contribution in [0.2, 0.25) is 0 Å². The van der Waals surface area contributed by atoms with Gasteiger partial charge in [0.15, 0.2) is 0 Å². The Morgan fingerprint density at radius 2 is 2.24 bits per heavy atom. The summed E-state index contributed by atoms with van der Waals surface area (Å²) in [7, 11) is 0. The molecule has 90 valence electrons. The van der Waals surface area contributed by atoms with Crippen molar-refractivity contribution in [1.29, 1.82) is 0 Å². The van der Waals surface area contributed by atoms with Crippen LogP contribution in [0.15, 0.2) is 28.7 Å². The highest BCUT2D eigenvalue weighted by Crippen LogP contribution is 2.22. The highest BCUT2D eigenvalue weighted by atomic mass is 16.5. The molecular formula is C12H15N3O2. The van der Waals surface area contributed by atoms with Gasteiger partial charge in [0.05, 0.1) is 13.2 Å². The van der Waals surface area contributed by atoms with Crippen LogP contribution in [0, 0.1) is 0 Å². The first-order chi connectivity index (χ1) is 8.33. The zero-order valence-corrected chi connectivity index (χ0v) is 9.72. The molecule has 0 radical (unpaired) electrons. The summed E-state index contributed by atoms with van der Waals surface area (Å²) >= 11 is 0. The number of hydrogen-bond acceptors (Lipinski definition) is 5. The third kappa shape index (κ3) is 2.82. The summed E-state index contributed by atoms with van der Waals surface area (Å²) in [4.78, 5) is 0. The minimum Gasteiger partial charge on any atom is -0.494 e. The summed E-state index contributed by atoms with van der Waals surface area (Å²) in [6.07, 6.45) is 0.974. The number of nitrogens with two attached hydrogens (primary N) is 1. The second-order valence-electron chi connectivity index (χ2n) is 3.58. The van der Waals surface area contributed by atoms with Gasteiger partial charge in [-0.05, 0) is 24.6 Å². The summed E-state index contributed by atoms with van der Waals surface area (Å²) in [5.74, 6) is 1.70. The lowest BCUT2D eigenvalue weighted by molar-refractivity contribution is 0.317. The molecule has 1 aromatic heterocycles. The van der Waals surface area contributed by atoms with Crippen LogP contribution in [0.25, 0.3) is 11.5 Å². The lowest BCUT2D eigenvalue weighted by Gasteiger charge is -2.04. The van der Waals surface area contributed by atoms with Crippen molar-refractivity contribution in [1.82, 2.24) is 10.2 Å². The summed E-state index contributed by atoms with van der Waals surface area (Å²) in [5, 5.41) is 7.75. The standard InChI is InChI=1S/C12H15N3O2/c1-2-6-16-10-5-3-4-9(7-10)12-15-14-11(8-13)17-12/h3-5,7H,2,6,8,13H2,1H3. The van der Waals surface area contributed by atoms with Gasteiger partial charge in [0.25, 0.3) is 0 Å². The Morgan fingerprint density at radius 3 is 2.94 bits per heavy atom. The van der Waals surface area contributed by atoms with E-state index >= 15 is 0 Å². The number of rotatable bonds is 5. The summed E-state index contributed by atoms with van der Waals surface area (Å²) in [6.45, 7) is 3.01. The third-order valence-electron chi connectivity index (χ3n) is 2.20. The molecule has 0 saturated heterocycles. The molecule has 0 spiro atoms. The lowest BCUT2D eigenvalue weighted by atomic mass is 10.2. The van der Waals surface area contributed by atoms with E-state index < -0.39 is 0 Å². The molecule has 0 aliphatic rings. The Balaban J connectivity index is 2.20. The predicted molar refractivity (Wildman–Crippen MR) is 63.4 cm³/mol. The first kappa shape index (κ1) is 11.6. The third-order valence-corrected chi connectivity index (χ3v) is 2.20. The molecule has 1 aromatic carbocycles. The van der Waals surface area contributed by atoms with Crippen LogP contribution in [0.1, 0.15) is 19.2 Å². The molecule has 2 rings (SSSR count). The molecule has 0 bridgehead atoms. The van der Waals surface area contributed by atoms with Crippen molar-refractivity contribution in [3.05, 3.63) is 30.2 Å². The van der Waals surface area contributed by atoms with Gasteiger partial charge in [-0.25, -0.2) is 0 Å². The Labute approximate surface area is 99.6 Å². The smallest absolute Gasteiger partial charge is 0.247 e. The first-order valence-corrected chi connectivity index (χ1v) is 5.59. The molecule has 0 aliphatic carbocycles. The van der Waals surface area contributed by atoms with Crippen molar-refractivity contribution in [2.75, 3.05) is 6.61 Å². The van der Waals surface area contributed by atoms with E-state index in [0.29, 0.717) is 18.4 Å². The zero-order valence-electron chi connectivity index (χ0n) is 9.72. The van der Waals surface area contributed by atoms with Gasteiger partial charge in [-0.1, -0.05) is 13.0 Å². The van der Waals surface area contributed by atoms with Crippen molar-refractivity contribution < 1.29 is 9.15 Å². The van der Waals surface area contributed by atoms with Gasteiger partial charge in [0.1, 0.15) is 5.75 Å². The summed E-state index contributed by atoms with van der Waals surface area (Å²) < 4.78 is 10.9. The molecular weight excluding hydrogens is 218 g/mol. The molecule has 5 nitrogen and oxygen atoms in total. The molecule has 2 N–H and O–H groups in total. The monoisotopic (exact) mass is 233 g/mol. The van der Waals surface area contributed by atoms with Gasteiger partial charge >= 0.3 is 0 Å². The number of ether oxygens (including phenoxy) is 1. The molecule has 2 aromatic rings. The van der Waals surface area contributed by atoms with E-state index in [4.69, 9.17) is 14.9 Å².